The highest BCUT2D eigenvalue weighted by Crippen LogP contribution is 2.33. The van der Waals surface area contributed by atoms with Crippen LogP contribution in [0.3, 0.4) is 0 Å². The summed E-state index contributed by atoms with van der Waals surface area (Å²) in [5, 5.41) is 9.79. The number of nitriles is 1. The molecule has 0 aliphatic carbocycles. The third-order valence-corrected chi connectivity index (χ3v) is 2.99. The van der Waals surface area contributed by atoms with Crippen molar-refractivity contribution < 1.29 is 14.3 Å². The normalized spacial score (nSPS) is 9.81. The van der Waals surface area contributed by atoms with Gasteiger partial charge in [0.25, 0.3) is 0 Å². The third kappa shape index (κ3) is 3.88. The van der Waals surface area contributed by atoms with Crippen LogP contribution < -0.4 is 9.47 Å². The Morgan fingerprint density at radius 2 is 1.90 bits per heavy atom. The molecule has 0 amide bonds. The van der Waals surface area contributed by atoms with Gasteiger partial charge in [-0.05, 0) is 30.3 Å². The Morgan fingerprint density at radius 1 is 1.14 bits per heavy atom. The first-order valence-electron chi connectivity index (χ1n) is 5.85. The lowest BCUT2D eigenvalue weighted by molar-refractivity contribution is -0.131. The smallest absolute Gasteiger partial charge is 0.308 e. The van der Waals surface area contributed by atoms with E-state index in [1.54, 1.807) is 18.2 Å². The van der Waals surface area contributed by atoms with Crippen LogP contribution in [0.15, 0.2) is 36.4 Å². The van der Waals surface area contributed by atoms with Crippen molar-refractivity contribution in [2.24, 2.45) is 0 Å². The topological polar surface area (TPSA) is 59.3 Å². The second-order valence-corrected chi connectivity index (χ2v) is 4.88. The second kappa shape index (κ2) is 6.49. The van der Waals surface area contributed by atoms with Gasteiger partial charge in [-0.15, -0.1) is 0 Å². The summed E-state index contributed by atoms with van der Waals surface area (Å²) in [7, 11) is 0. The van der Waals surface area contributed by atoms with Gasteiger partial charge >= 0.3 is 5.97 Å². The molecule has 21 heavy (non-hydrogen) atoms. The molecule has 0 saturated heterocycles. The molecule has 0 saturated carbocycles. The summed E-state index contributed by atoms with van der Waals surface area (Å²) in [5.74, 6) is 0.430. The van der Waals surface area contributed by atoms with Crippen molar-refractivity contribution in [3.05, 3.63) is 52.0 Å². The second-order valence-electron chi connectivity index (χ2n) is 4.04. The van der Waals surface area contributed by atoms with E-state index in [1.807, 2.05) is 6.07 Å². The number of nitrogens with zero attached hydrogens (tertiary/aromatic N) is 1. The van der Waals surface area contributed by atoms with Crippen LogP contribution in [0.4, 0.5) is 0 Å². The average molecular weight is 322 g/mol. The summed E-state index contributed by atoms with van der Waals surface area (Å²) in [5.41, 5.74) is 0.298. The van der Waals surface area contributed by atoms with Gasteiger partial charge in [-0.2, -0.15) is 5.26 Å². The molecule has 0 bridgehead atoms. The molecule has 0 N–H and O–H groups in total. The summed E-state index contributed by atoms with van der Waals surface area (Å²) in [6.07, 6.45) is 0. The number of esters is 1. The molecule has 4 nitrogen and oxygen atoms in total. The molecule has 0 aliphatic rings. The summed E-state index contributed by atoms with van der Waals surface area (Å²) in [6.45, 7) is 1.27. The number of rotatable bonds is 3. The molecule has 0 unspecified atom stereocenters. The fourth-order valence-electron chi connectivity index (χ4n) is 1.59. The third-order valence-electron chi connectivity index (χ3n) is 2.45. The Balaban J connectivity index is 2.32. The summed E-state index contributed by atoms with van der Waals surface area (Å²) in [4.78, 5) is 11.0. The monoisotopic (exact) mass is 321 g/mol. The minimum absolute atomic E-state index is 0.189. The fraction of sp³-hybridized carbons (Fsp3) is 0.0667. The van der Waals surface area contributed by atoms with Crippen molar-refractivity contribution in [2.45, 2.75) is 6.92 Å². The molecule has 2 aromatic rings. The predicted octanol–water partition coefficient (Wildman–Crippen LogP) is 4.58. The molecule has 0 aliphatic heterocycles. The Kier molecular flexibility index (Phi) is 4.69. The lowest BCUT2D eigenvalue weighted by atomic mass is 10.2. The van der Waals surface area contributed by atoms with E-state index in [2.05, 4.69) is 0 Å². The van der Waals surface area contributed by atoms with Crippen LogP contribution in [-0.4, -0.2) is 5.97 Å². The molecule has 2 aromatic carbocycles. The standard InChI is InChI=1S/C15H9Cl2NO3/c1-9(19)20-15-7-12(3-4-13(15)17)21-14-5-2-11(16)6-10(14)8-18/h2-7H,1H3. The zero-order chi connectivity index (χ0) is 15.4. The highest BCUT2D eigenvalue weighted by atomic mass is 35.5. The van der Waals surface area contributed by atoms with Gasteiger partial charge in [0, 0.05) is 18.0 Å². The van der Waals surface area contributed by atoms with Crippen LogP contribution >= 0.6 is 23.2 Å². The molecule has 0 atom stereocenters. The van der Waals surface area contributed by atoms with E-state index in [-0.39, 0.29) is 10.8 Å². The molecule has 0 spiro atoms. The van der Waals surface area contributed by atoms with E-state index in [0.717, 1.165) is 0 Å². The van der Waals surface area contributed by atoms with Crippen molar-refractivity contribution in [1.29, 1.82) is 5.26 Å². The number of carbonyl (C=O) groups is 1. The maximum atomic E-state index is 11.0. The Bertz CT molecular complexity index is 738. The van der Waals surface area contributed by atoms with Gasteiger partial charge in [-0.1, -0.05) is 23.2 Å². The molecular formula is C15H9Cl2NO3. The van der Waals surface area contributed by atoms with Crippen molar-refractivity contribution in [1.82, 2.24) is 0 Å². The van der Waals surface area contributed by atoms with Gasteiger partial charge in [0.05, 0.1) is 10.6 Å². The van der Waals surface area contributed by atoms with Crippen LogP contribution in [-0.2, 0) is 4.79 Å². The quantitative estimate of drug-likeness (QED) is 0.613. The van der Waals surface area contributed by atoms with Gasteiger partial charge in [-0.3, -0.25) is 4.79 Å². The number of benzene rings is 2. The van der Waals surface area contributed by atoms with Crippen molar-refractivity contribution in [2.75, 3.05) is 0 Å². The SMILES string of the molecule is CC(=O)Oc1cc(Oc2ccc(Cl)cc2C#N)ccc1Cl. The summed E-state index contributed by atoms with van der Waals surface area (Å²) >= 11 is 11.7. The number of ether oxygens (including phenoxy) is 2. The predicted molar refractivity (Wildman–Crippen MR) is 79.0 cm³/mol. The number of hydrogen-bond donors (Lipinski definition) is 0. The van der Waals surface area contributed by atoms with Crippen LogP contribution in [0.5, 0.6) is 17.2 Å². The van der Waals surface area contributed by atoms with Crippen LogP contribution in [0.25, 0.3) is 0 Å². The number of carbonyl (C=O) groups excluding carboxylic acids is 1. The van der Waals surface area contributed by atoms with Crippen LogP contribution in [0, 0.1) is 11.3 Å². The van der Waals surface area contributed by atoms with E-state index in [1.165, 1.54) is 25.1 Å². The maximum absolute atomic E-state index is 11.0. The van der Waals surface area contributed by atoms with Crippen LogP contribution in [0.1, 0.15) is 12.5 Å². The van der Waals surface area contributed by atoms with E-state index in [4.69, 9.17) is 37.9 Å². The fourth-order valence-corrected chi connectivity index (χ4v) is 1.91. The molecule has 0 aromatic heterocycles. The maximum Gasteiger partial charge on any atom is 0.308 e. The first-order valence-corrected chi connectivity index (χ1v) is 6.60. The van der Waals surface area contributed by atoms with Crippen molar-refractivity contribution >= 4 is 29.2 Å². The lowest BCUT2D eigenvalue weighted by Crippen LogP contribution is -2.02. The minimum Gasteiger partial charge on any atom is -0.456 e. The Hall–Kier alpha value is -2.22. The molecule has 0 heterocycles. The lowest BCUT2D eigenvalue weighted by Gasteiger charge is -2.10. The largest absolute Gasteiger partial charge is 0.456 e. The Labute approximate surface area is 131 Å². The minimum atomic E-state index is -0.488. The highest BCUT2D eigenvalue weighted by molar-refractivity contribution is 6.32. The molecular weight excluding hydrogens is 313 g/mol. The van der Waals surface area contributed by atoms with E-state index >= 15 is 0 Å². The van der Waals surface area contributed by atoms with Gasteiger partial charge in [0.1, 0.15) is 17.6 Å². The number of hydrogen-bond acceptors (Lipinski definition) is 4. The molecule has 6 heteroatoms. The van der Waals surface area contributed by atoms with E-state index < -0.39 is 5.97 Å². The van der Waals surface area contributed by atoms with Crippen LogP contribution in [0.2, 0.25) is 10.0 Å². The molecule has 0 fully saturated rings. The van der Waals surface area contributed by atoms with E-state index in [0.29, 0.717) is 22.1 Å². The zero-order valence-corrected chi connectivity index (χ0v) is 12.4. The first-order chi connectivity index (χ1) is 9.99. The first kappa shape index (κ1) is 15.2. The Morgan fingerprint density at radius 3 is 2.57 bits per heavy atom. The van der Waals surface area contributed by atoms with E-state index in [9.17, 15) is 4.79 Å². The van der Waals surface area contributed by atoms with Crippen molar-refractivity contribution in [3.63, 3.8) is 0 Å². The van der Waals surface area contributed by atoms with Crippen molar-refractivity contribution in [3.8, 4) is 23.3 Å². The highest BCUT2D eigenvalue weighted by Gasteiger charge is 2.10. The molecule has 0 radical (unpaired) electrons. The number of halogens is 2. The van der Waals surface area contributed by atoms with Gasteiger partial charge in [0.2, 0.25) is 0 Å². The van der Waals surface area contributed by atoms with Gasteiger partial charge < -0.3 is 9.47 Å². The average Bonchev–Trinajstić information content (AvgIpc) is 2.44. The molecule has 2 rings (SSSR count). The summed E-state index contributed by atoms with van der Waals surface area (Å²) in [6, 6.07) is 11.3. The molecule has 106 valence electrons. The van der Waals surface area contributed by atoms with Gasteiger partial charge in [0.15, 0.2) is 5.75 Å². The zero-order valence-electron chi connectivity index (χ0n) is 10.9. The summed E-state index contributed by atoms with van der Waals surface area (Å²) < 4.78 is 10.6. The van der Waals surface area contributed by atoms with Gasteiger partial charge in [-0.25, -0.2) is 0 Å².